The van der Waals surface area contributed by atoms with Crippen LogP contribution in [0.4, 0.5) is 0 Å². The molecule has 2 nitrogen and oxygen atoms in total. The molecular weight excluding hydrogens is 531 g/mol. The molecule has 0 N–H and O–H groups in total. The van der Waals surface area contributed by atoms with Crippen LogP contribution in [0, 0.1) is 0 Å². The summed E-state index contributed by atoms with van der Waals surface area (Å²) in [5, 5.41) is 4.97. The summed E-state index contributed by atoms with van der Waals surface area (Å²) >= 11 is 0. The van der Waals surface area contributed by atoms with Crippen molar-refractivity contribution >= 4 is 53.8 Å². The Morgan fingerprint density at radius 3 is 2.12 bits per heavy atom. The minimum Gasteiger partial charge on any atom is -0.456 e. The van der Waals surface area contributed by atoms with Crippen LogP contribution < -0.4 is 0 Å². The third kappa shape index (κ3) is 2.48. The van der Waals surface area contributed by atoms with Crippen molar-refractivity contribution in [3.05, 3.63) is 150 Å². The van der Waals surface area contributed by atoms with E-state index >= 15 is 0 Å². The van der Waals surface area contributed by atoms with E-state index in [4.69, 9.17) is 4.42 Å². The van der Waals surface area contributed by atoms with Crippen LogP contribution in [-0.4, -0.2) is 17.1 Å². The first-order valence-corrected chi connectivity index (χ1v) is 17.0. The zero-order valence-corrected chi connectivity index (χ0v) is 24.2. The van der Waals surface area contributed by atoms with Crippen molar-refractivity contribution < 1.29 is 4.42 Å². The number of aromatic nitrogens is 1. The van der Waals surface area contributed by atoms with E-state index < -0.39 is 15.4 Å². The van der Waals surface area contributed by atoms with Gasteiger partial charge in [0.25, 0.3) is 0 Å². The number of fused-ring (bicyclic) bond motifs is 14. The van der Waals surface area contributed by atoms with Gasteiger partial charge in [-0.2, -0.15) is 10.0 Å². The van der Waals surface area contributed by atoms with Gasteiger partial charge in [-0.05, 0) is 76.1 Å². The van der Waals surface area contributed by atoms with E-state index in [1.165, 1.54) is 70.3 Å². The number of benzene rings is 6. The van der Waals surface area contributed by atoms with Gasteiger partial charge in [0.2, 0.25) is 0 Å². The first-order valence-electron chi connectivity index (χ1n) is 14.5. The predicted octanol–water partition coefficient (Wildman–Crippen LogP) is 10.2. The normalized spacial score (nSPS) is 18.8. The van der Waals surface area contributed by atoms with Crippen LogP contribution in [0.25, 0.3) is 49.4 Å². The Balaban J connectivity index is 1.50. The quantitative estimate of drug-likeness (QED) is 0.181. The molecule has 42 heavy (non-hydrogen) atoms. The van der Waals surface area contributed by atoms with Crippen molar-refractivity contribution in [2.45, 2.75) is 15.2 Å². The summed E-state index contributed by atoms with van der Waals surface area (Å²) in [4.78, 5) is 2.86. The van der Waals surface area contributed by atoms with E-state index in [1.54, 1.807) is 0 Å². The molecule has 0 radical (unpaired) electrons. The van der Waals surface area contributed by atoms with Gasteiger partial charge in [-0.15, -0.1) is 0 Å². The number of furan rings is 1. The van der Waals surface area contributed by atoms with Crippen molar-refractivity contribution in [1.82, 2.24) is 4.57 Å². The first-order chi connectivity index (χ1) is 20.6. The van der Waals surface area contributed by atoms with E-state index in [9.17, 15) is 0 Å². The van der Waals surface area contributed by atoms with Crippen molar-refractivity contribution in [2.75, 3.05) is 12.5 Å². The molecule has 0 saturated carbocycles. The third-order valence-electron chi connectivity index (χ3n) is 9.92. The zero-order chi connectivity index (χ0) is 27.8. The highest BCUT2D eigenvalue weighted by atomic mass is 32.3. The zero-order valence-electron chi connectivity index (χ0n) is 23.4. The average Bonchev–Trinajstić information content (AvgIpc) is 3.57. The molecule has 2 aliphatic rings. The predicted molar refractivity (Wildman–Crippen MR) is 176 cm³/mol. The summed E-state index contributed by atoms with van der Waals surface area (Å²) in [5.74, 6) is 0. The highest BCUT2D eigenvalue weighted by Gasteiger charge is 2.52. The highest BCUT2D eigenvalue weighted by Crippen LogP contribution is 2.70. The topological polar surface area (TPSA) is 18.1 Å². The van der Waals surface area contributed by atoms with Gasteiger partial charge in [0.15, 0.2) is 0 Å². The van der Waals surface area contributed by atoms with Crippen LogP contribution in [0.2, 0.25) is 0 Å². The van der Waals surface area contributed by atoms with Crippen molar-refractivity contribution in [2.24, 2.45) is 0 Å². The molecule has 1 spiro atoms. The largest absolute Gasteiger partial charge is 0.456 e. The highest BCUT2D eigenvalue weighted by molar-refractivity contribution is 8.32. The Labute approximate surface area is 245 Å². The summed E-state index contributed by atoms with van der Waals surface area (Å²) in [7, 11) is -1.35. The minimum atomic E-state index is -1.35. The van der Waals surface area contributed by atoms with Gasteiger partial charge in [0, 0.05) is 26.4 Å². The number of nitrogens with zero attached hydrogens (tertiary/aromatic N) is 1. The SMILES string of the molecule is CS1(C)c2ccccc2C2(c3ccccc3-n3c4ccccc4c4cccc2c43)c2cc3c(cc21)oc1ccccc13. The fourth-order valence-corrected chi connectivity index (χ4v) is 10.8. The molecule has 10 rings (SSSR count). The van der Waals surface area contributed by atoms with Crippen molar-refractivity contribution in [3.63, 3.8) is 0 Å². The Hall–Kier alpha value is -4.73. The second-order valence-electron chi connectivity index (χ2n) is 12.1. The van der Waals surface area contributed by atoms with Gasteiger partial charge in [-0.3, -0.25) is 0 Å². The molecule has 4 heterocycles. The molecule has 0 amide bonds. The fraction of sp³-hybridized carbons (Fsp3) is 0.0769. The van der Waals surface area contributed by atoms with Gasteiger partial charge in [-0.25, -0.2) is 0 Å². The molecule has 0 aliphatic carbocycles. The van der Waals surface area contributed by atoms with Gasteiger partial charge in [0.05, 0.1) is 22.1 Å². The lowest BCUT2D eigenvalue weighted by Crippen LogP contribution is -2.39. The fourth-order valence-electron chi connectivity index (χ4n) is 8.24. The molecular formula is C39H27NOS. The van der Waals surface area contributed by atoms with Gasteiger partial charge in [-0.1, -0.05) is 91.0 Å². The van der Waals surface area contributed by atoms with E-state index in [0.29, 0.717) is 0 Å². The minimum absolute atomic E-state index is 0.471. The number of hydrogen-bond donors (Lipinski definition) is 0. The average molecular weight is 558 g/mol. The Bertz CT molecular complexity index is 2460. The van der Waals surface area contributed by atoms with Crippen LogP contribution >= 0.6 is 10.0 Å². The monoisotopic (exact) mass is 557 g/mol. The van der Waals surface area contributed by atoms with Gasteiger partial charge in [0.1, 0.15) is 11.2 Å². The summed E-state index contributed by atoms with van der Waals surface area (Å²) in [5.41, 5.74) is 10.8. The lowest BCUT2D eigenvalue weighted by Gasteiger charge is -2.51. The molecule has 2 aliphatic heterocycles. The number of hydrogen-bond acceptors (Lipinski definition) is 1. The van der Waals surface area contributed by atoms with Crippen molar-refractivity contribution in [1.29, 1.82) is 0 Å². The number of rotatable bonds is 0. The Kier molecular flexibility index (Phi) is 4.12. The van der Waals surface area contributed by atoms with Crippen LogP contribution in [0.5, 0.6) is 0 Å². The summed E-state index contributed by atoms with van der Waals surface area (Å²) in [6.45, 7) is 0. The smallest absolute Gasteiger partial charge is 0.136 e. The van der Waals surface area contributed by atoms with Crippen LogP contribution in [-0.2, 0) is 5.41 Å². The molecule has 0 fully saturated rings. The standard InChI is InChI=1S/C39H27NOS/c1-42(2)36-21-10-6-16-29(36)39(31-22-27-25-13-4-9-20-34(25)41-35(27)23-37(31)42)28-15-5-8-19-33(28)40-32-18-7-3-12-24(32)26-14-11-17-30(39)38(26)40/h3-23H,1-2H3. The molecule has 200 valence electrons. The second-order valence-corrected chi connectivity index (χ2v) is 15.6. The van der Waals surface area contributed by atoms with Crippen LogP contribution in [0.3, 0.4) is 0 Å². The lowest BCUT2D eigenvalue weighted by atomic mass is 9.62. The molecule has 1 atom stereocenters. The molecule has 0 bridgehead atoms. The van der Waals surface area contributed by atoms with E-state index in [2.05, 4.69) is 144 Å². The van der Waals surface area contributed by atoms with Gasteiger partial charge >= 0.3 is 0 Å². The summed E-state index contributed by atoms with van der Waals surface area (Å²) in [6.07, 6.45) is 4.91. The second kappa shape index (κ2) is 7.56. The molecule has 6 aromatic carbocycles. The summed E-state index contributed by atoms with van der Waals surface area (Å²) in [6, 6.07) is 47.5. The molecule has 8 aromatic rings. The summed E-state index contributed by atoms with van der Waals surface area (Å²) < 4.78 is 9.02. The van der Waals surface area contributed by atoms with E-state index in [0.717, 1.165) is 11.2 Å². The molecule has 3 heteroatoms. The maximum atomic E-state index is 6.51. The van der Waals surface area contributed by atoms with E-state index in [1.807, 2.05) is 0 Å². The van der Waals surface area contributed by atoms with Crippen molar-refractivity contribution in [3.8, 4) is 5.69 Å². The van der Waals surface area contributed by atoms with Crippen LogP contribution in [0.15, 0.2) is 142 Å². The van der Waals surface area contributed by atoms with E-state index in [-0.39, 0.29) is 0 Å². The molecule has 0 saturated heterocycles. The maximum Gasteiger partial charge on any atom is 0.136 e. The first kappa shape index (κ1) is 22.9. The lowest BCUT2D eigenvalue weighted by molar-refractivity contribution is 0.661. The van der Waals surface area contributed by atoms with Crippen LogP contribution in [0.1, 0.15) is 22.3 Å². The molecule has 1 unspecified atom stereocenters. The molecule has 2 aromatic heterocycles. The Morgan fingerprint density at radius 2 is 1.21 bits per heavy atom. The Morgan fingerprint density at radius 1 is 0.524 bits per heavy atom. The maximum absolute atomic E-state index is 6.51. The number of para-hydroxylation sites is 4. The van der Waals surface area contributed by atoms with Gasteiger partial charge < -0.3 is 8.98 Å². The third-order valence-corrected chi connectivity index (χ3v) is 12.8.